The Morgan fingerprint density at radius 1 is 1.53 bits per heavy atom. The molecular formula is C12H17N2O+. The molecule has 80 valence electrons. The Kier molecular flexibility index (Phi) is 3.02. The van der Waals surface area contributed by atoms with Crippen molar-refractivity contribution in [2.75, 3.05) is 13.1 Å². The highest BCUT2D eigenvalue weighted by molar-refractivity contribution is 5.72. The van der Waals surface area contributed by atoms with Gasteiger partial charge in [0.05, 0.1) is 13.1 Å². The van der Waals surface area contributed by atoms with Gasteiger partial charge in [-0.05, 0) is 5.56 Å². The van der Waals surface area contributed by atoms with Crippen LogP contribution < -0.4 is 10.6 Å². The standard InChI is InChI=1S/C12H16N2O/c1-9(15)14-8-12-11-5-3-2-4-10(11)6-7-13-12/h2-5,12-13H,6-8H2,1H3,(H,14,15)/p+1/t12-/m0/s1. The third-order valence-electron chi connectivity index (χ3n) is 2.89. The first-order valence-electron chi connectivity index (χ1n) is 5.43. The number of amides is 1. The largest absolute Gasteiger partial charge is 0.350 e. The van der Waals surface area contributed by atoms with Crippen LogP contribution >= 0.6 is 0 Å². The second-order valence-corrected chi connectivity index (χ2v) is 4.02. The molecule has 1 aliphatic heterocycles. The molecule has 3 nitrogen and oxygen atoms in total. The van der Waals surface area contributed by atoms with Gasteiger partial charge < -0.3 is 10.6 Å². The summed E-state index contributed by atoms with van der Waals surface area (Å²) in [6, 6.07) is 8.89. The van der Waals surface area contributed by atoms with E-state index in [0.717, 1.165) is 19.5 Å². The molecule has 0 fully saturated rings. The van der Waals surface area contributed by atoms with Crippen LogP contribution in [0.4, 0.5) is 0 Å². The van der Waals surface area contributed by atoms with Crippen LogP contribution in [0.2, 0.25) is 0 Å². The number of fused-ring (bicyclic) bond motifs is 1. The number of nitrogens with two attached hydrogens (primary N) is 1. The molecular weight excluding hydrogens is 188 g/mol. The summed E-state index contributed by atoms with van der Waals surface area (Å²) >= 11 is 0. The first kappa shape index (κ1) is 10.2. The van der Waals surface area contributed by atoms with Crippen LogP contribution in [-0.2, 0) is 11.2 Å². The molecule has 0 saturated heterocycles. The van der Waals surface area contributed by atoms with Gasteiger partial charge in [0.25, 0.3) is 0 Å². The molecule has 0 aromatic heterocycles. The zero-order valence-electron chi connectivity index (χ0n) is 8.99. The molecule has 3 N–H and O–H groups in total. The lowest BCUT2D eigenvalue weighted by molar-refractivity contribution is -0.697. The summed E-state index contributed by atoms with van der Waals surface area (Å²) in [5, 5.41) is 5.19. The fraction of sp³-hybridized carbons (Fsp3) is 0.417. The van der Waals surface area contributed by atoms with Crippen LogP contribution in [0.5, 0.6) is 0 Å². The summed E-state index contributed by atoms with van der Waals surface area (Å²) in [4.78, 5) is 10.9. The zero-order valence-corrected chi connectivity index (χ0v) is 8.99. The molecule has 1 aromatic rings. The van der Waals surface area contributed by atoms with Crippen LogP contribution in [0, 0.1) is 0 Å². The number of carbonyl (C=O) groups is 1. The highest BCUT2D eigenvalue weighted by atomic mass is 16.1. The number of quaternary nitrogens is 1. The Bertz CT molecular complexity index is 362. The second-order valence-electron chi connectivity index (χ2n) is 4.02. The van der Waals surface area contributed by atoms with E-state index in [1.54, 1.807) is 6.92 Å². The quantitative estimate of drug-likeness (QED) is 0.700. The summed E-state index contributed by atoms with van der Waals surface area (Å²) in [7, 11) is 0. The minimum atomic E-state index is 0.0476. The van der Waals surface area contributed by atoms with Gasteiger partial charge in [-0.3, -0.25) is 4.79 Å². The molecule has 1 aliphatic rings. The van der Waals surface area contributed by atoms with Gasteiger partial charge in [0.15, 0.2) is 0 Å². The van der Waals surface area contributed by atoms with E-state index in [9.17, 15) is 4.79 Å². The normalized spacial score (nSPS) is 19.4. The summed E-state index contributed by atoms with van der Waals surface area (Å²) in [6.45, 7) is 3.41. The van der Waals surface area contributed by atoms with Crippen molar-refractivity contribution in [2.24, 2.45) is 0 Å². The topological polar surface area (TPSA) is 45.7 Å². The fourth-order valence-corrected chi connectivity index (χ4v) is 2.14. The lowest BCUT2D eigenvalue weighted by Crippen LogP contribution is -2.88. The molecule has 15 heavy (non-hydrogen) atoms. The summed E-state index contributed by atoms with van der Waals surface area (Å²) < 4.78 is 0. The van der Waals surface area contributed by atoms with Crippen LogP contribution in [0.1, 0.15) is 24.1 Å². The van der Waals surface area contributed by atoms with Crippen molar-refractivity contribution in [3.8, 4) is 0 Å². The van der Waals surface area contributed by atoms with Crippen molar-refractivity contribution >= 4 is 5.91 Å². The van der Waals surface area contributed by atoms with Crippen LogP contribution in [-0.4, -0.2) is 19.0 Å². The molecule has 0 aliphatic carbocycles. The molecule has 0 saturated carbocycles. The van der Waals surface area contributed by atoms with Crippen molar-refractivity contribution in [3.63, 3.8) is 0 Å². The highest BCUT2D eigenvalue weighted by Crippen LogP contribution is 2.17. The molecule has 2 rings (SSSR count). The van der Waals surface area contributed by atoms with Gasteiger partial charge in [-0.1, -0.05) is 24.3 Å². The van der Waals surface area contributed by atoms with Gasteiger partial charge in [-0.2, -0.15) is 0 Å². The summed E-state index contributed by atoms with van der Waals surface area (Å²) in [5.41, 5.74) is 2.80. The first-order valence-corrected chi connectivity index (χ1v) is 5.43. The minimum Gasteiger partial charge on any atom is -0.350 e. The second kappa shape index (κ2) is 4.45. The first-order chi connectivity index (χ1) is 7.27. The summed E-state index contributed by atoms with van der Waals surface area (Å²) in [6.07, 6.45) is 1.13. The van der Waals surface area contributed by atoms with Crippen LogP contribution in [0.15, 0.2) is 24.3 Å². The average molecular weight is 205 g/mol. The van der Waals surface area contributed by atoms with E-state index < -0.39 is 0 Å². The molecule has 3 heteroatoms. The Morgan fingerprint density at radius 2 is 2.33 bits per heavy atom. The lowest BCUT2D eigenvalue weighted by atomic mass is 9.94. The number of nitrogens with one attached hydrogen (secondary N) is 1. The van der Waals surface area contributed by atoms with Crippen molar-refractivity contribution in [2.45, 2.75) is 19.4 Å². The van der Waals surface area contributed by atoms with Gasteiger partial charge in [-0.15, -0.1) is 0 Å². The fourth-order valence-electron chi connectivity index (χ4n) is 2.14. The van der Waals surface area contributed by atoms with Crippen molar-refractivity contribution in [1.82, 2.24) is 5.32 Å². The maximum Gasteiger partial charge on any atom is 0.217 e. The molecule has 1 atom stereocenters. The van der Waals surface area contributed by atoms with Gasteiger partial charge >= 0.3 is 0 Å². The predicted molar refractivity (Wildman–Crippen MR) is 58.4 cm³/mol. The lowest BCUT2D eigenvalue weighted by Gasteiger charge is -2.23. The number of rotatable bonds is 2. The third-order valence-corrected chi connectivity index (χ3v) is 2.89. The Labute approximate surface area is 89.9 Å². The van der Waals surface area contributed by atoms with E-state index in [-0.39, 0.29) is 5.91 Å². The highest BCUT2D eigenvalue weighted by Gasteiger charge is 2.22. The number of benzene rings is 1. The predicted octanol–water partition coefficient (Wildman–Crippen LogP) is -0.0167. The Balaban J connectivity index is 2.11. The van der Waals surface area contributed by atoms with E-state index in [2.05, 4.69) is 34.9 Å². The average Bonchev–Trinajstić information content (AvgIpc) is 2.26. The molecule has 0 spiro atoms. The molecule has 0 unspecified atom stereocenters. The zero-order chi connectivity index (χ0) is 10.7. The number of hydrogen-bond donors (Lipinski definition) is 2. The van der Waals surface area contributed by atoms with E-state index in [0.29, 0.717) is 6.04 Å². The van der Waals surface area contributed by atoms with Gasteiger partial charge in [0, 0.05) is 18.9 Å². The van der Waals surface area contributed by atoms with Crippen molar-refractivity contribution in [3.05, 3.63) is 35.4 Å². The van der Waals surface area contributed by atoms with Crippen LogP contribution in [0.3, 0.4) is 0 Å². The van der Waals surface area contributed by atoms with E-state index >= 15 is 0 Å². The van der Waals surface area contributed by atoms with Crippen molar-refractivity contribution < 1.29 is 10.1 Å². The maximum atomic E-state index is 10.9. The maximum absolute atomic E-state index is 10.9. The van der Waals surface area contributed by atoms with Crippen LogP contribution in [0.25, 0.3) is 0 Å². The molecule has 1 heterocycles. The molecule has 1 aromatic carbocycles. The van der Waals surface area contributed by atoms with Crippen molar-refractivity contribution in [1.29, 1.82) is 0 Å². The van der Waals surface area contributed by atoms with E-state index in [4.69, 9.17) is 0 Å². The number of hydrogen-bond acceptors (Lipinski definition) is 1. The van der Waals surface area contributed by atoms with Gasteiger partial charge in [-0.25, -0.2) is 0 Å². The van der Waals surface area contributed by atoms with E-state index in [1.807, 2.05) is 0 Å². The molecule has 0 bridgehead atoms. The van der Waals surface area contributed by atoms with E-state index in [1.165, 1.54) is 11.1 Å². The van der Waals surface area contributed by atoms with Gasteiger partial charge in [0.1, 0.15) is 6.04 Å². The minimum absolute atomic E-state index is 0.0476. The smallest absolute Gasteiger partial charge is 0.217 e. The molecule has 1 amide bonds. The Hall–Kier alpha value is -1.35. The monoisotopic (exact) mass is 205 g/mol. The summed E-state index contributed by atoms with van der Waals surface area (Å²) in [5.74, 6) is 0.0476. The third kappa shape index (κ3) is 2.36. The van der Waals surface area contributed by atoms with Gasteiger partial charge in [0.2, 0.25) is 5.91 Å². The SMILES string of the molecule is CC(=O)NC[C@@H]1[NH2+]CCc2ccccc21. The molecule has 0 radical (unpaired) electrons. The number of carbonyl (C=O) groups excluding carboxylic acids is 1. The Morgan fingerprint density at radius 3 is 3.13 bits per heavy atom.